The lowest BCUT2D eigenvalue weighted by atomic mass is 10.5. The van der Waals surface area contributed by atoms with Gasteiger partial charge in [0.15, 0.2) is 0 Å². The second kappa shape index (κ2) is 6.52. The van der Waals surface area contributed by atoms with Crippen LogP contribution in [0.2, 0.25) is 0 Å². The van der Waals surface area contributed by atoms with Crippen LogP contribution in [0.4, 0.5) is 5.82 Å². The number of hydrogen-bond donors (Lipinski definition) is 0. The van der Waals surface area contributed by atoms with Gasteiger partial charge in [-0.05, 0) is 13.8 Å². The molecule has 0 spiro atoms. The molecular formula is C10H21N3. The first kappa shape index (κ1) is 12.0. The first-order valence-electron chi connectivity index (χ1n) is 5.02. The third-order valence-corrected chi connectivity index (χ3v) is 1.86. The molecule has 3 heteroatoms. The molecule has 1 heterocycles. The van der Waals surface area contributed by atoms with E-state index in [4.69, 9.17) is 0 Å². The summed E-state index contributed by atoms with van der Waals surface area (Å²) in [4.78, 5) is 2.18. The Morgan fingerprint density at radius 3 is 2.46 bits per heavy atom. The van der Waals surface area contributed by atoms with Gasteiger partial charge >= 0.3 is 0 Å². The molecule has 1 aromatic rings. The Labute approximate surface area is 81.4 Å². The van der Waals surface area contributed by atoms with Crippen LogP contribution < -0.4 is 4.90 Å². The van der Waals surface area contributed by atoms with Crippen molar-refractivity contribution in [2.45, 2.75) is 34.2 Å². The van der Waals surface area contributed by atoms with Crippen molar-refractivity contribution in [3.05, 3.63) is 12.3 Å². The minimum Gasteiger partial charge on any atom is -0.360 e. The van der Waals surface area contributed by atoms with Crippen molar-refractivity contribution in [1.82, 2.24) is 9.78 Å². The Balaban J connectivity index is 0.000000671. The molecular weight excluding hydrogens is 162 g/mol. The molecule has 1 aromatic heterocycles. The van der Waals surface area contributed by atoms with Gasteiger partial charge in [0.25, 0.3) is 0 Å². The normalized spacial score (nSPS) is 9.00. The van der Waals surface area contributed by atoms with Crippen LogP contribution in [0.5, 0.6) is 0 Å². The molecule has 3 nitrogen and oxygen atoms in total. The molecule has 1 rings (SSSR count). The highest BCUT2D eigenvalue weighted by Gasteiger charge is 2.02. The Hall–Kier alpha value is -0.990. The molecule has 0 aliphatic rings. The molecule has 0 fully saturated rings. The predicted octanol–water partition coefficient (Wildman–Crippen LogP) is 2.39. The quantitative estimate of drug-likeness (QED) is 0.717. The molecule has 76 valence electrons. The van der Waals surface area contributed by atoms with Crippen LogP contribution in [0.15, 0.2) is 12.3 Å². The van der Waals surface area contributed by atoms with Gasteiger partial charge in [-0.3, -0.25) is 4.68 Å². The SMILES string of the molecule is CC.CCN(C)c1ccnn1CC. The van der Waals surface area contributed by atoms with Crippen molar-refractivity contribution < 1.29 is 0 Å². The number of nitrogens with zero attached hydrogens (tertiary/aromatic N) is 3. The van der Waals surface area contributed by atoms with Crippen LogP contribution in [-0.2, 0) is 6.54 Å². The summed E-state index contributed by atoms with van der Waals surface area (Å²) in [5.74, 6) is 1.19. The molecule has 0 saturated heterocycles. The van der Waals surface area contributed by atoms with Crippen molar-refractivity contribution >= 4 is 5.82 Å². The van der Waals surface area contributed by atoms with E-state index < -0.39 is 0 Å². The van der Waals surface area contributed by atoms with E-state index >= 15 is 0 Å². The van der Waals surface area contributed by atoms with Crippen LogP contribution in [0, 0.1) is 0 Å². The van der Waals surface area contributed by atoms with Crippen molar-refractivity contribution in [2.75, 3.05) is 18.5 Å². The van der Waals surface area contributed by atoms with Crippen molar-refractivity contribution in [2.24, 2.45) is 0 Å². The third-order valence-electron chi connectivity index (χ3n) is 1.86. The van der Waals surface area contributed by atoms with E-state index in [1.807, 2.05) is 30.8 Å². The van der Waals surface area contributed by atoms with Gasteiger partial charge in [0, 0.05) is 26.2 Å². The highest BCUT2D eigenvalue weighted by Crippen LogP contribution is 2.09. The molecule has 0 atom stereocenters. The highest BCUT2D eigenvalue weighted by molar-refractivity contribution is 5.36. The summed E-state index contributed by atoms with van der Waals surface area (Å²) >= 11 is 0. The minimum absolute atomic E-state index is 0.937. The zero-order valence-corrected chi connectivity index (χ0v) is 9.41. The summed E-state index contributed by atoms with van der Waals surface area (Å²) in [5, 5.41) is 4.18. The van der Waals surface area contributed by atoms with E-state index in [2.05, 4.69) is 30.9 Å². The Morgan fingerprint density at radius 1 is 1.38 bits per heavy atom. The highest BCUT2D eigenvalue weighted by atomic mass is 15.4. The molecule has 0 bridgehead atoms. The summed E-state index contributed by atoms with van der Waals surface area (Å²) in [6, 6.07) is 2.03. The van der Waals surface area contributed by atoms with Gasteiger partial charge < -0.3 is 4.90 Å². The fourth-order valence-electron chi connectivity index (χ4n) is 1.06. The molecule has 13 heavy (non-hydrogen) atoms. The average Bonchev–Trinajstić information content (AvgIpc) is 2.67. The summed E-state index contributed by atoms with van der Waals surface area (Å²) in [7, 11) is 2.07. The molecule has 0 saturated carbocycles. The van der Waals surface area contributed by atoms with Crippen molar-refractivity contribution in [1.29, 1.82) is 0 Å². The largest absolute Gasteiger partial charge is 0.360 e. The zero-order valence-electron chi connectivity index (χ0n) is 9.41. The van der Waals surface area contributed by atoms with Crippen molar-refractivity contribution in [3.8, 4) is 0 Å². The maximum atomic E-state index is 4.18. The lowest BCUT2D eigenvalue weighted by Gasteiger charge is -2.16. The van der Waals surface area contributed by atoms with E-state index in [0.717, 1.165) is 13.1 Å². The summed E-state index contributed by atoms with van der Waals surface area (Å²) < 4.78 is 1.99. The maximum Gasteiger partial charge on any atom is 0.126 e. The monoisotopic (exact) mass is 183 g/mol. The molecule has 0 unspecified atom stereocenters. The van der Waals surface area contributed by atoms with Gasteiger partial charge in [0.1, 0.15) is 5.82 Å². The Morgan fingerprint density at radius 2 is 2.00 bits per heavy atom. The molecule has 0 aliphatic heterocycles. The van der Waals surface area contributed by atoms with Crippen LogP contribution >= 0.6 is 0 Å². The Bertz CT molecular complexity index is 218. The van der Waals surface area contributed by atoms with Crippen molar-refractivity contribution in [3.63, 3.8) is 0 Å². The number of aromatic nitrogens is 2. The summed E-state index contributed by atoms with van der Waals surface area (Å²) in [5.41, 5.74) is 0. The number of hydrogen-bond acceptors (Lipinski definition) is 2. The molecule has 0 radical (unpaired) electrons. The topological polar surface area (TPSA) is 21.1 Å². The second-order valence-corrected chi connectivity index (χ2v) is 2.52. The smallest absolute Gasteiger partial charge is 0.126 e. The number of aryl methyl sites for hydroxylation is 1. The van der Waals surface area contributed by atoms with Crippen LogP contribution in [0.25, 0.3) is 0 Å². The maximum absolute atomic E-state index is 4.18. The first-order chi connectivity index (χ1) is 6.29. The standard InChI is InChI=1S/C8H15N3.C2H6/c1-4-10(3)8-6-7-9-11(8)5-2;1-2/h6-7H,4-5H2,1-3H3;1-2H3. The zero-order chi connectivity index (χ0) is 10.3. The van der Waals surface area contributed by atoms with Gasteiger partial charge in [-0.2, -0.15) is 5.10 Å². The fraction of sp³-hybridized carbons (Fsp3) is 0.700. The molecule has 0 aromatic carbocycles. The van der Waals surface area contributed by atoms with Crippen LogP contribution in [-0.4, -0.2) is 23.4 Å². The molecule has 0 N–H and O–H groups in total. The van der Waals surface area contributed by atoms with E-state index in [9.17, 15) is 0 Å². The number of rotatable bonds is 3. The lowest BCUT2D eigenvalue weighted by molar-refractivity contribution is 0.649. The van der Waals surface area contributed by atoms with Crippen LogP contribution in [0.1, 0.15) is 27.7 Å². The average molecular weight is 183 g/mol. The summed E-state index contributed by atoms with van der Waals surface area (Å²) in [6.07, 6.45) is 1.84. The summed E-state index contributed by atoms with van der Waals surface area (Å²) in [6.45, 7) is 10.2. The lowest BCUT2D eigenvalue weighted by Crippen LogP contribution is -2.19. The van der Waals surface area contributed by atoms with Gasteiger partial charge in [-0.25, -0.2) is 0 Å². The van der Waals surface area contributed by atoms with E-state index in [1.165, 1.54) is 5.82 Å². The predicted molar refractivity (Wildman–Crippen MR) is 58.2 cm³/mol. The third kappa shape index (κ3) is 3.09. The van der Waals surface area contributed by atoms with E-state index in [1.54, 1.807) is 0 Å². The van der Waals surface area contributed by atoms with E-state index in [0.29, 0.717) is 0 Å². The second-order valence-electron chi connectivity index (χ2n) is 2.52. The van der Waals surface area contributed by atoms with Gasteiger partial charge in [0.2, 0.25) is 0 Å². The van der Waals surface area contributed by atoms with Gasteiger partial charge in [0.05, 0.1) is 6.20 Å². The molecule has 0 amide bonds. The number of anilines is 1. The first-order valence-corrected chi connectivity index (χ1v) is 5.02. The van der Waals surface area contributed by atoms with Gasteiger partial charge in [-0.1, -0.05) is 13.8 Å². The van der Waals surface area contributed by atoms with Crippen LogP contribution in [0.3, 0.4) is 0 Å². The minimum atomic E-state index is 0.937. The van der Waals surface area contributed by atoms with Gasteiger partial charge in [-0.15, -0.1) is 0 Å². The molecule has 0 aliphatic carbocycles. The Kier molecular flexibility index (Phi) is 6.02. The van der Waals surface area contributed by atoms with E-state index in [-0.39, 0.29) is 0 Å². The fourth-order valence-corrected chi connectivity index (χ4v) is 1.06.